The number of carbonyl (C=O) groups excluding carboxylic acids is 1. The summed E-state index contributed by atoms with van der Waals surface area (Å²) >= 11 is 0. The van der Waals surface area contributed by atoms with E-state index in [0.717, 1.165) is 4.31 Å². The van der Waals surface area contributed by atoms with Gasteiger partial charge in [0.2, 0.25) is 15.9 Å². The zero-order valence-electron chi connectivity index (χ0n) is 12.0. The largest absolute Gasteiger partial charge is 0.379 e. The number of benzene rings is 1. The van der Waals surface area contributed by atoms with E-state index in [4.69, 9.17) is 10.5 Å². The number of carbonyl (C=O) groups is 1. The molecule has 0 spiro atoms. The second kappa shape index (κ2) is 5.72. The van der Waals surface area contributed by atoms with Gasteiger partial charge in [-0.1, -0.05) is 6.07 Å². The highest BCUT2D eigenvalue weighted by Gasteiger charge is 2.38. The van der Waals surface area contributed by atoms with Gasteiger partial charge in [0.1, 0.15) is 5.54 Å². The van der Waals surface area contributed by atoms with Crippen molar-refractivity contribution in [3.05, 3.63) is 24.3 Å². The van der Waals surface area contributed by atoms with Crippen molar-refractivity contribution in [1.82, 2.24) is 4.31 Å². The van der Waals surface area contributed by atoms with Crippen molar-refractivity contribution in [2.24, 2.45) is 5.73 Å². The van der Waals surface area contributed by atoms with E-state index in [2.05, 4.69) is 5.32 Å². The number of nitrogens with one attached hydrogen (secondary N) is 1. The summed E-state index contributed by atoms with van der Waals surface area (Å²) in [5.41, 5.74) is 5.29. The Morgan fingerprint density at radius 2 is 2.14 bits per heavy atom. The number of ether oxygens (including phenoxy) is 1. The topological polar surface area (TPSA) is 102 Å². The number of hydrogen-bond donors (Lipinski definition) is 2. The molecule has 1 aliphatic heterocycles. The first-order chi connectivity index (χ1) is 9.75. The van der Waals surface area contributed by atoms with E-state index in [-0.39, 0.29) is 17.4 Å². The van der Waals surface area contributed by atoms with Gasteiger partial charge < -0.3 is 15.8 Å². The van der Waals surface area contributed by atoms with Crippen molar-refractivity contribution in [3.8, 4) is 0 Å². The molecule has 0 radical (unpaired) electrons. The Balaban J connectivity index is 2.21. The average molecular weight is 313 g/mol. The fraction of sp³-hybridized carbons (Fsp3) is 0.462. The summed E-state index contributed by atoms with van der Waals surface area (Å²) in [6, 6.07) is 6.07. The number of rotatable bonds is 4. The molecule has 3 N–H and O–H groups in total. The standard InChI is InChI=1S/C13H19N3O4S/c1-16(2)21(18,19)11-5-3-4-10(8-11)15-12(17)13(14)6-7-20-9-13/h3-5,8H,6-7,9,14H2,1-2H3,(H,15,17). The third-order valence-electron chi connectivity index (χ3n) is 3.37. The highest BCUT2D eigenvalue weighted by Crippen LogP contribution is 2.21. The van der Waals surface area contributed by atoms with Crippen LogP contribution in [-0.2, 0) is 19.6 Å². The SMILES string of the molecule is CN(C)S(=O)(=O)c1cccc(NC(=O)C2(N)CCOC2)c1. The van der Waals surface area contributed by atoms with Crippen LogP contribution in [0, 0.1) is 0 Å². The molecule has 2 rings (SSSR count). The molecule has 1 fully saturated rings. The molecule has 1 aliphatic rings. The zero-order valence-corrected chi connectivity index (χ0v) is 12.8. The summed E-state index contributed by atoms with van der Waals surface area (Å²) in [6.07, 6.45) is 0.439. The summed E-state index contributed by atoms with van der Waals surface area (Å²) < 4.78 is 30.4. The fourth-order valence-corrected chi connectivity index (χ4v) is 2.91. The van der Waals surface area contributed by atoms with Gasteiger partial charge in [0.05, 0.1) is 11.5 Å². The number of amides is 1. The molecule has 116 valence electrons. The van der Waals surface area contributed by atoms with E-state index in [0.29, 0.717) is 18.7 Å². The number of nitrogens with two attached hydrogens (primary N) is 1. The van der Waals surface area contributed by atoms with Crippen molar-refractivity contribution in [1.29, 1.82) is 0 Å². The van der Waals surface area contributed by atoms with Crippen LogP contribution in [0.25, 0.3) is 0 Å². The first-order valence-corrected chi connectivity index (χ1v) is 7.90. The van der Waals surface area contributed by atoms with Gasteiger partial charge in [-0.05, 0) is 24.6 Å². The Morgan fingerprint density at radius 1 is 1.43 bits per heavy atom. The number of sulfonamides is 1. The average Bonchev–Trinajstić information content (AvgIpc) is 2.87. The molecule has 0 bridgehead atoms. The molecular formula is C13H19N3O4S. The van der Waals surface area contributed by atoms with Gasteiger partial charge in [0.25, 0.3) is 0 Å². The maximum Gasteiger partial charge on any atom is 0.246 e. The Morgan fingerprint density at radius 3 is 2.71 bits per heavy atom. The molecule has 0 saturated carbocycles. The van der Waals surface area contributed by atoms with E-state index < -0.39 is 15.6 Å². The van der Waals surface area contributed by atoms with Crippen molar-refractivity contribution in [2.75, 3.05) is 32.6 Å². The molecule has 0 aromatic heterocycles. The smallest absolute Gasteiger partial charge is 0.246 e. The molecule has 7 nitrogen and oxygen atoms in total. The van der Waals surface area contributed by atoms with E-state index in [1.807, 2.05) is 0 Å². The summed E-state index contributed by atoms with van der Waals surface area (Å²) in [5.74, 6) is -0.376. The minimum Gasteiger partial charge on any atom is -0.379 e. The summed E-state index contributed by atoms with van der Waals surface area (Å²) in [7, 11) is -0.644. The molecule has 1 heterocycles. The van der Waals surface area contributed by atoms with Gasteiger partial charge in [-0.3, -0.25) is 4.79 Å². The van der Waals surface area contributed by atoms with Gasteiger partial charge in [0, 0.05) is 26.4 Å². The minimum absolute atomic E-state index is 0.110. The Labute approximate surface area is 124 Å². The predicted molar refractivity (Wildman–Crippen MR) is 78.3 cm³/mol. The van der Waals surface area contributed by atoms with Gasteiger partial charge in [-0.25, -0.2) is 12.7 Å². The lowest BCUT2D eigenvalue weighted by molar-refractivity contribution is -0.121. The predicted octanol–water partition coefficient (Wildman–Crippen LogP) is -0.00680. The van der Waals surface area contributed by atoms with Crippen molar-refractivity contribution in [2.45, 2.75) is 16.9 Å². The molecule has 1 unspecified atom stereocenters. The second-order valence-electron chi connectivity index (χ2n) is 5.23. The molecule has 1 saturated heterocycles. The van der Waals surface area contributed by atoms with Crippen LogP contribution in [0.1, 0.15) is 6.42 Å². The van der Waals surface area contributed by atoms with E-state index in [9.17, 15) is 13.2 Å². The van der Waals surface area contributed by atoms with Gasteiger partial charge >= 0.3 is 0 Å². The molecule has 21 heavy (non-hydrogen) atoms. The normalized spacial score (nSPS) is 22.5. The van der Waals surface area contributed by atoms with Crippen molar-refractivity contribution >= 4 is 21.6 Å². The number of nitrogens with zero attached hydrogens (tertiary/aromatic N) is 1. The lowest BCUT2D eigenvalue weighted by atomic mass is 9.99. The fourth-order valence-electron chi connectivity index (χ4n) is 1.96. The van der Waals surface area contributed by atoms with Crippen LogP contribution in [0.15, 0.2) is 29.2 Å². The third-order valence-corrected chi connectivity index (χ3v) is 5.19. The van der Waals surface area contributed by atoms with Crippen LogP contribution in [-0.4, -0.2) is 51.5 Å². The van der Waals surface area contributed by atoms with Crippen LogP contribution in [0.5, 0.6) is 0 Å². The summed E-state index contributed by atoms with van der Waals surface area (Å²) in [6.45, 7) is 0.605. The van der Waals surface area contributed by atoms with E-state index in [1.54, 1.807) is 12.1 Å². The Kier molecular flexibility index (Phi) is 4.33. The maximum atomic E-state index is 12.2. The van der Waals surface area contributed by atoms with Crippen LogP contribution in [0.2, 0.25) is 0 Å². The van der Waals surface area contributed by atoms with Gasteiger partial charge in [-0.2, -0.15) is 0 Å². The highest BCUT2D eigenvalue weighted by molar-refractivity contribution is 7.89. The summed E-state index contributed by atoms with van der Waals surface area (Å²) in [5, 5.41) is 2.65. The molecule has 1 atom stereocenters. The van der Waals surface area contributed by atoms with E-state index >= 15 is 0 Å². The monoisotopic (exact) mass is 313 g/mol. The molecule has 1 amide bonds. The number of anilines is 1. The minimum atomic E-state index is -3.54. The second-order valence-corrected chi connectivity index (χ2v) is 7.38. The number of hydrogen-bond acceptors (Lipinski definition) is 5. The van der Waals surface area contributed by atoms with Crippen molar-refractivity contribution < 1.29 is 17.9 Å². The van der Waals surface area contributed by atoms with Crippen LogP contribution < -0.4 is 11.1 Å². The van der Waals surface area contributed by atoms with Crippen molar-refractivity contribution in [3.63, 3.8) is 0 Å². The lowest BCUT2D eigenvalue weighted by Crippen LogP contribution is -2.51. The van der Waals surface area contributed by atoms with E-state index in [1.165, 1.54) is 26.2 Å². The Hall–Kier alpha value is -1.48. The third kappa shape index (κ3) is 3.24. The summed E-state index contributed by atoms with van der Waals surface area (Å²) in [4.78, 5) is 12.3. The molecular weight excluding hydrogens is 294 g/mol. The van der Waals surface area contributed by atoms with Gasteiger partial charge in [0.15, 0.2) is 0 Å². The molecule has 1 aromatic carbocycles. The lowest BCUT2D eigenvalue weighted by Gasteiger charge is -2.21. The maximum absolute atomic E-state index is 12.2. The molecule has 1 aromatic rings. The van der Waals surface area contributed by atoms with Crippen LogP contribution >= 0.6 is 0 Å². The first-order valence-electron chi connectivity index (χ1n) is 6.46. The Bertz CT molecular complexity index is 637. The van der Waals surface area contributed by atoms with Crippen LogP contribution in [0.4, 0.5) is 5.69 Å². The van der Waals surface area contributed by atoms with Crippen LogP contribution in [0.3, 0.4) is 0 Å². The zero-order chi connectivity index (χ0) is 15.7. The first kappa shape index (κ1) is 15.9. The molecule has 8 heteroatoms. The quantitative estimate of drug-likeness (QED) is 0.814. The van der Waals surface area contributed by atoms with Gasteiger partial charge in [-0.15, -0.1) is 0 Å². The highest BCUT2D eigenvalue weighted by atomic mass is 32.2. The molecule has 0 aliphatic carbocycles.